The Morgan fingerprint density at radius 3 is 1.97 bits per heavy atom. The third-order valence-corrected chi connectivity index (χ3v) is 6.96. The Bertz CT molecular complexity index is 741. The van der Waals surface area contributed by atoms with Gasteiger partial charge in [0.05, 0.1) is 0 Å². The van der Waals surface area contributed by atoms with Crippen LogP contribution in [0.3, 0.4) is 0 Å². The van der Waals surface area contributed by atoms with E-state index in [1.54, 1.807) is 0 Å². The number of carboxylic acid groups (broad SMARTS) is 1. The molecule has 2 atom stereocenters. The lowest BCUT2D eigenvalue weighted by molar-refractivity contribution is -0.145. The molecule has 1 amide bonds. The van der Waals surface area contributed by atoms with E-state index in [-0.39, 0.29) is 41.9 Å². The number of amidine groups is 1. The Balaban J connectivity index is 0.00000341. The summed E-state index contributed by atoms with van der Waals surface area (Å²) in [7, 11) is 0. The fourth-order valence-electron chi connectivity index (χ4n) is 5.19. The third-order valence-electron chi connectivity index (χ3n) is 6.96. The summed E-state index contributed by atoms with van der Waals surface area (Å²) in [6, 6.07) is 6.69. The van der Waals surface area contributed by atoms with Gasteiger partial charge in [0.15, 0.2) is 0 Å². The molecule has 1 aromatic carbocycles. The van der Waals surface area contributed by atoms with Gasteiger partial charge in [0.25, 0.3) is 0 Å². The summed E-state index contributed by atoms with van der Waals surface area (Å²) in [6.07, 6.45) is 11.1. The van der Waals surface area contributed by atoms with Crippen LogP contribution < -0.4 is 11.1 Å². The summed E-state index contributed by atoms with van der Waals surface area (Å²) >= 11 is 0. The maximum absolute atomic E-state index is 13.4. The molecule has 1 aromatic rings. The number of hydrogen-bond acceptors (Lipinski definition) is 3. The van der Waals surface area contributed by atoms with Gasteiger partial charge in [-0.3, -0.25) is 10.2 Å². The predicted octanol–water partition coefficient (Wildman–Crippen LogP) is 4.28. The van der Waals surface area contributed by atoms with E-state index in [0.29, 0.717) is 12.0 Å². The van der Waals surface area contributed by atoms with Crippen LogP contribution in [0.2, 0.25) is 0 Å². The third kappa shape index (κ3) is 6.96. The lowest BCUT2D eigenvalue weighted by Gasteiger charge is -2.33. The summed E-state index contributed by atoms with van der Waals surface area (Å²) in [6.45, 7) is 0. The first kappa shape index (κ1) is 25.2. The Labute approximate surface area is 191 Å². The van der Waals surface area contributed by atoms with Gasteiger partial charge in [-0.15, -0.1) is 12.4 Å². The number of nitrogen functional groups attached to an aromatic ring is 1. The van der Waals surface area contributed by atoms with Crippen LogP contribution in [0.5, 0.6) is 0 Å². The zero-order valence-electron chi connectivity index (χ0n) is 18.1. The summed E-state index contributed by atoms with van der Waals surface area (Å²) in [4.78, 5) is 25.3. The molecule has 172 valence electrons. The molecule has 2 aliphatic rings. The molecule has 6 nitrogen and oxygen atoms in total. The van der Waals surface area contributed by atoms with Crippen molar-refractivity contribution in [2.45, 2.75) is 76.7 Å². The number of nitrogens with one attached hydrogen (secondary N) is 2. The number of nitrogens with two attached hydrogens (primary N) is 1. The molecule has 2 saturated carbocycles. The van der Waals surface area contributed by atoms with E-state index in [9.17, 15) is 14.7 Å². The first-order valence-electron chi connectivity index (χ1n) is 11.4. The van der Waals surface area contributed by atoms with Gasteiger partial charge in [0.1, 0.15) is 11.9 Å². The molecule has 0 aromatic heterocycles. The minimum atomic E-state index is -0.913. The van der Waals surface area contributed by atoms with Crippen molar-refractivity contribution in [3.63, 3.8) is 0 Å². The Morgan fingerprint density at radius 1 is 0.968 bits per heavy atom. The average molecular weight is 450 g/mol. The van der Waals surface area contributed by atoms with Crippen molar-refractivity contribution in [3.05, 3.63) is 35.4 Å². The fourth-order valence-corrected chi connectivity index (χ4v) is 5.19. The van der Waals surface area contributed by atoms with Gasteiger partial charge < -0.3 is 16.2 Å². The second kappa shape index (κ2) is 12.1. The van der Waals surface area contributed by atoms with Gasteiger partial charge in [-0.1, -0.05) is 62.8 Å². The lowest BCUT2D eigenvalue weighted by Crippen LogP contribution is -2.50. The van der Waals surface area contributed by atoms with Crippen LogP contribution in [-0.4, -0.2) is 28.9 Å². The molecule has 0 aliphatic heterocycles. The van der Waals surface area contributed by atoms with E-state index in [2.05, 4.69) is 5.32 Å². The van der Waals surface area contributed by atoms with E-state index >= 15 is 0 Å². The number of carbonyl (C=O) groups excluding carboxylic acids is 1. The first-order valence-corrected chi connectivity index (χ1v) is 11.4. The van der Waals surface area contributed by atoms with E-state index < -0.39 is 12.0 Å². The van der Waals surface area contributed by atoms with Crippen LogP contribution in [0.1, 0.15) is 75.3 Å². The van der Waals surface area contributed by atoms with Crippen LogP contribution in [0.4, 0.5) is 0 Å². The number of hydrogen-bond donors (Lipinski definition) is 4. The number of aliphatic carboxylic acids is 1. The van der Waals surface area contributed by atoms with Crippen molar-refractivity contribution >= 4 is 30.1 Å². The van der Waals surface area contributed by atoms with Gasteiger partial charge in [-0.25, -0.2) is 4.79 Å². The number of carbonyl (C=O) groups is 2. The number of benzene rings is 1. The minimum absolute atomic E-state index is 0. The Hall–Kier alpha value is -2.08. The Morgan fingerprint density at radius 2 is 1.48 bits per heavy atom. The minimum Gasteiger partial charge on any atom is -0.480 e. The largest absolute Gasteiger partial charge is 0.480 e. The summed E-state index contributed by atoms with van der Waals surface area (Å²) in [5.41, 5.74) is 7.24. The highest BCUT2D eigenvalue weighted by Crippen LogP contribution is 2.33. The summed E-state index contributed by atoms with van der Waals surface area (Å²) < 4.78 is 0. The lowest BCUT2D eigenvalue weighted by atomic mass is 9.76. The normalized spacial score (nSPS) is 19.6. The number of halogens is 1. The van der Waals surface area contributed by atoms with Gasteiger partial charge in [-0.2, -0.15) is 0 Å². The topological polar surface area (TPSA) is 116 Å². The zero-order chi connectivity index (χ0) is 21.5. The molecule has 0 spiro atoms. The zero-order valence-corrected chi connectivity index (χ0v) is 19.0. The SMILES string of the molecule is Cl.N=C(N)c1ccc(CC(C(=O)N[C@H](C(=O)O)C2CCCCC2)C2CCCCC2)cc1. The molecule has 1 unspecified atom stereocenters. The van der Waals surface area contributed by atoms with Crippen LogP contribution in [0, 0.1) is 23.2 Å². The van der Waals surface area contributed by atoms with Crippen molar-refractivity contribution in [2.75, 3.05) is 0 Å². The van der Waals surface area contributed by atoms with Crippen molar-refractivity contribution in [2.24, 2.45) is 23.5 Å². The highest BCUT2D eigenvalue weighted by atomic mass is 35.5. The average Bonchev–Trinajstić information content (AvgIpc) is 2.77. The van der Waals surface area contributed by atoms with Gasteiger partial charge in [-0.05, 0) is 49.5 Å². The van der Waals surface area contributed by atoms with Crippen molar-refractivity contribution in [1.29, 1.82) is 5.41 Å². The molecule has 5 N–H and O–H groups in total. The predicted molar refractivity (Wildman–Crippen MR) is 125 cm³/mol. The fraction of sp³-hybridized carbons (Fsp3) is 0.625. The van der Waals surface area contributed by atoms with E-state index in [0.717, 1.165) is 63.4 Å². The summed E-state index contributed by atoms with van der Waals surface area (Å²) in [5.74, 6) is -0.910. The molecule has 2 fully saturated rings. The van der Waals surface area contributed by atoms with Gasteiger partial charge >= 0.3 is 5.97 Å². The first-order chi connectivity index (χ1) is 14.5. The molecule has 31 heavy (non-hydrogen) atoms. The molecular weight excluding hydrogens is 414 g/mol. The summed E-state index contributed by atoms with van der Waals surface area (Å²) in [5, 5.41) is 20.3. The van der Waals surface area contributed by atoms with Gasteiger partial charge in [0.2, 0.25) is 5.91 Å². The van der Waals surface area contributed by atoms with Crippen molar-refractivity contribution < 1.29 is 14.7 Å². The van der Waals surface area contributed by atoms with Crippen molar-refractivity contribution in [1.82, 2.24) is 5.32 Å². The number of rotatable bonds is 8. The van der Waals surface area contributed by atoms with Crippen LogP contribution >= 0.6 is 12.4 Å². The maximum atomic E-state index is 13.4. The van der Waals surface area contributed by atoms with Crippen LogP contribution in [-0.2, 0) is 16.0 Å². The van der Waals surface area contributed by atoms with E-state index in [4.69, 9.17) is 11.1 Å². The molecule has 0 radical (unpaired) electrons. The van der Waals surface area contributed by atoms with E-state index in [1.807, 2.05) is 24.3 Å². The molecule has 0 heterocycles. The highest BCUT2D eigenvalue weighted by Gasteiger charge is 2.35. The number of amides is 1. The van der Waals surface area contributed by atoms with Crippen LogP contribution in [0.25, 0.3) is 0 Å². The molecule has 2 aliphatic carbocycles. The second-order valence-corrected chi connectivity index (χ2v) is 9.04. The molecule has 3 rings (SSSR count). The second-order valence-electron chi connectivity index (χ2n) is 9.04. The quantitative estimate of drug-likeness (QED) is 0.350. The van der Waals surface area contributed by atoms with Gasteiger partial charge in [0, 0.05) is 11.5 Å². The molecule has 0 bridgehead atoms. The van der Waals surface area contributed by atoms with E-state index in [1.165, 1.54) is 6.42 Å². The Kier molecular flexibility index (Phi) is 9.82. The smallest absolute Gasteiger partial charge is 0.326 e. The molecule has 0 saturated heterocycles. The molecular formula is C24H36ClN3O3. The monoisotopic (exact) mass is 449 g/mol. The maximum Gasteiger partial charge on any atom is 0.326 e. The van der Waals surface area contributed by atoms with Crippen molar-refractivity contribution in [3.8, 4) is 0 Å². The van der Waals surface area contributed by atoms with Crippen LogP contribution in [0.15, 0.2) is 24.3 Å². The highest BCUT2D eigenvalue weighted by molar-refractivity contribution is 5.94. The molecule has 7 heteroatoms. The number of carboxylic acids is 1. The standard InChI is InChI=1S/C24H35N3O3.ClH/c25-22(26)19-13-11-16(12-14-19)15-20(17-7-3-1-4-8-17)23(28)27-21(24(29)30)18-9-5-2-6-10-18;/h11-14,17-18,20-21H,1-10,15H2,(H3,25,26)(H,27,28)(H,29,30);1H/t20?,21-;/m0./s1.